The van der Waals surface area contributed by atoms with E-state index in [1.54, 1.807) is 4.90 Å². The van der Waals surface area contributed by atoms with Crippen molar-refractivity contribution >= 4 is 11.9 Å². The van der Waals surface area contributed by atoms with Crippen LogP contribution in [-0.2, 0) is 4.74 Å². The van der Waals surface area contributed by atoms with Gasteiger partial charge in [0.15, 0.2) is 5.78 Å². The lowest BCUT2D eigenvalue weighted by Crippen LogP contribution is -2.35. The molecule has 1 fully saturated rings. The molecule has 1 atom stereocenters. The van der Waals surface area contributed by atoms with Crippen LogP contribution < -0.4 is 0 Å². The average Bonchev–Trinajstić information content (AvgIpc) is 2.89. The normalized spacial score (nSPS) is 18.4. The number of carbonyl (C=O) groups excluding carboxylic acids is 2. The zero-order chi connectivity index (χ0) is 16.5. The van der Waals surface area contributed by atoms with Crippen LogP contribution in [0.2, 0.25) is 0 Å². The fourth-order valence-corrected chi connectivity index (χ4v) is 2.70. The average molecular weight is 303 g/mol. The Morgan fingerprint density at radius 2 is 1.91 bits per heavy atom. The van der Waals surface area contributed by atoms with E-state index in [0.29, 0.717) is 19.5 Å². The highest BCUT2D eigenvalue weighted by atomic mass is 16.6. The number of rotatable bonds is 2. The van der Waals surface area contributed by atoms with E-state index in [2.05, 4.69) is 0 Å². The van der Waals surface area contributed by atoms with Crippen molar-refractivity contribution in [2.75, 3.05) is 13.1 Å². The topological polar surface area (TPSA) is 46.6 Å². The number of nitrogens with zero attached hydrogens (tertiary/aromatic N) is 1. The third-order valence-corrected chi connectivity index (χ3v) is 4.08. The number of carbonyl (C=O) groups is 2. The molecule has 0 N–H and O–H groups in total. The maximum absolute atomic E-state index is 12.7. The molecular weight excluding hydrogens is 278 g/mol. The standard InChI is InChI=1S/C18H25NO3/c1-12-7-6-8-15(13(12)2)16(20)14-9-10-19(11-14)17(21)22-18(3,4)5/h6-8,14H,9-11H2,1-5H3. The molecule has 0 aliphatic carbocycles. The number of Topliss-reactive ketones (excluding diaryl/α,β-unsaturated/α-hetero) is 1. The smallest absolute Gasteiger partial charge is 0.410 e. The number of likely N-dealkylation sites (tertiary alicyclic amines) is 1. The second kappa shape index (κ2) is 6.11. The van der Waals surface area contributed by atoms with Gasteiger partial charge < -0.3 is 9.64 Å². The van der Waals surface area contributed by atoms with Crippen LogP contribution in [-0.4, -0.2) is 35.5 Å². The van der Waals surface area contributed by atoms with E-state index < -0.39 is 5.60 Å². The monoisotopic (exact) mass is 303 g/mol. The van der Waals surface area contributed by atoms with Crippen molar-refractivity contribution in [3.05, 3.63) is 34.9 Å². The summed E-state index contributed by atoms with van der Waals surface area (Å²) in [4.78, 5) is 26.4. The molecule has 22 heavy (non-hydrogen) atoms. The lowest BCUT2D eigenvalue weighted by molar-refractivity contribution is 0.0289. The van der Waals surface area contributed by atoms with Gasteiger partial charge in [-0.2, -0.15) is 0 Å². The largest absolute Gasteiger partial charge is 0.444 e. The van der Waals surface area contributed by atoms with Gasteiger partial charge in [-0.3, -0.25) is 4.79 Å². The predicted octanol–water partition coefficient (Wildman–Crippen LogP) is 3.74. The first-order valence-electron chi connectivity index (χ1n) is 7.77. The summed E-state index contributed by atoms with van der Waals surface area (Å²) in [6.07, 6.45) is 0.370. The van der Waals surface area contributed by atoms with Gasteiger partial charge in [-0.15, -0.1) is 0 Å². The second-order valence-electron chi connectivity index (χ2n) is 7.02. The summed E-state index contributed by atoms with van der Waals surface area (Å²) in [5.41, 5.74) is 2.42. The number of ether oxygens (including phenoxy) is 1. The highest BCUT2D eigenvalue weighted by Crippen LogP contribution is 2.25. The molecule has 120 valence electrons. The Hall–Kier alpha value is -1.84. The van der Waals surface area contributed by atoms with Gasteiger partial charge in [-0.05, 0) is 52.2 Å². The summed E-state index contributed by atoms with van der Waals surface area (Å²) in [5, 5.41) is 0. The zero-order valence-electron chi connectivity index (χ0n) is 14.1. The molecule has 0 spiro atoms. The molecule has 0 radical (unpaired) electrons. The first-order chi connectivity index (χ1) is 10.2. The summed E-state index contributed by atoms with van der Waals surface area (Å²) in [6.45, 7) is 10.5. The summed E-state index contributed by atoms with van der Waals surface area (Å²) < 4.78 is 5.37. The van der Waals surface area contributed by atoms with Gasteiger partial charge in [-0.1, -0.05) is 18.2 Å². The number of ketones is 1. The minimum absolute atomic E-state index is 0.131. The van der Waals surface area contributed by atoms with Gasteiger partial charge in [0.1, 0.15) is 5.60 Å². The molecule has 1 aliphatic heterocycles. The van der Waals surface area contributed by atoms with E-state index in [-0.39, 0.29) is 17.8 Å². The SMILES string of the molecule is Cc1cccc(C(=O)C2CCN(C(=O)OC(C)(C)C)C2)c1C. The maximum atomic E-state index is 12.7. The molecule has 1 unspecified atom stereocenters. The highest BCUT2D eigenvalue weighted by molar-refractivity contribution is 6.00. The van der Waals surface area contributed by atoms with Crippen molar-refractivity contribution in [2.24, 2.45) is 5.92 Å². The van der Waals surface area contributed by atoms with Crippen molar-refractivity contribution in [3.8, 4) is 0 Å². The van der Waals surface area contributed by atoms with E-state index in [1.807, 2.05) is 52.8 Å². The van der Waals surface area contributed by atoms with Crippen LogP contribution in [0.5, 0.6) is 0 Å². The number of benzene rings is 1. The molecule has 0 aromatic heterocycles. The molecule has 1 saturated heterocycles. The molecule has 0 bridgehead atoms. The summed E-state index contributed by atoms with van der Waals surface area (Å²) >= 11 is 0. The molecule has 1 aliphatic rings. The van der Waals surface area contributed by atoms with Gasteiger partial charge in [0.05, 0.1) is 0 Å². The lowest BCUT2D eigenvalue weighted by atomic mass is 9.92. The van der Waals surface area contributed by atoms with E-state index in [1.165, 1.54) is 0 Å². The first-order valence-corrected chi connectivity index (χ1v) is 7.77. The molecule has 2 rings (SSSR count). The summed E-state index contributed by atoms with van der Waals surface area (Å²) in [5.74, 6) is 0.000257. The van der Waals surface area contributed by atoms with Crippen LogP contribution in [0.25, 0.3) is 0 Å². The molecule has 1 amide bonds. The van der Waals surface area contributed by atoms with Crippen molar-refractivity contribution in [2.45, 2.75) is 46.6 Å². The highest BCUT2D eigenvalue weighted by Gasteiger charge is 2.34. The van der Waals surface area contributed by atoms with Crippen LogP contribution in [0, 0.1) is 19.8 Å². The molecular formula is C18H25NO3. The number of hydrogen-bond acceptors (Lipinski definition) is 3. The Bertz CT molecular complexity index is 586. The Morgan fingerprint density at radius 3 is 2.55 bits per heavy atom. The van der Waals surface area contributed by atoms with Crippen molar-refractivity contribution in [3.63, 3.8) is 0 Å². The Morgan fingerprint density at radius 1 is 1.23 bits per heavy atom. The van der Waals surface area contributed by atoms with E-state index >= 15 is 0 Å². The minimum atomic E-state index is -0.508. The Labute approximate surface area is 132 Å². The summed E-state index contributed by atoms with van der Waals surface area (Å²) in [6, 6.07) is 5.80. The van der Waals surface area contributed by atoms with Crippen LogP contribution in [0.3, 0.4) is 0 Å². The molecule has 4 heteroatoms. The fourth-order valence-electron chi connectivity index (χ4n) is 2.70. The maximum Gasteiger partial charge on any atom is 0.410 e. The van der Waals surface area contributed by atoms with E-state index in [0.717, 1.165) is 16.7 Å². The van der Waals surface area contributed by atoms with Crippen molar-refractivity contribution in [1.29, 1.82) is 0 Å². The van der Waals surface area contributed by atoms with Crippen molar-refractivity contribution < 1.29 is 14.3 Å². The van der Waals surface area contributed by atoms with Crippen LogP contribution in [0.1, 0.15) is 48.7 Å². The predicted molar refractivity (Wildman–Crippen MR) is 86.2 cm³/mol. The molecule has 1 aromatic rings. The fraction of sp³-hybridized carbons (Fsp3) is 0.556. The minimum Gasteiger partial charge on any atom is -0.444 e. The van der Waals surface area contributed by atoms with Crippen LogP contribution >= 0.6 is 0 Å². The van der Waals surface area contributed by atoms with E-state index in [4.69, 9.17) is 4.74 Å². The van der Waals surface area contributed by atoms with Crippen LogP contribution in [0.15, 0.2) is 18.2 Å². The number of hydrogen-bond donors (Lipinski definition) is 0. The number of aryl methyl sites for hydroxylation is 1. The third-order valence-electron chi connectivity index (χ3n) is 4.08. The van der Waals surface area contributed by atoms with Gasteiger partial charge in [0.25, 0.3) is 0 Å². The Balaban J connectivity index is 2.05. The van der Waals surface area contributed by atoms with Gasteiger partial charge in [0, 0.05) is 24.6 Å². The van der Waals surface area contributed by atoms with Crippen molar-refractivity contribution in [1.82, 2.24) is 4.90 Å². The summed E-state index contributed by atoms with van der Waals surface area (Å²) in [7, 11) is 0. The van der Waals surface area contributed by atoms with Gasteiger partial charge >= 0.3 is 6.09 Å². The zero-order valence-corrected chi connectivity index (χ0v) is 14.1. The third kappa shape index (κ3) is 3.67. The second-order valence-corrected chi connectivity index (χ2v) is 7.02. The van der Waals surface area contributed by atoms with Crippen LogP contribution in [0.4, 0.5) is 4.79 Å². The van der Waals surface area contributed by atoms with Gasteiger partial charge in [-0.25, -0.2) is 4.79 Å². The molecule has 0 saturated carbocycles. The molecule has 1 aromatic carbocycles. The molecule has 1 heterocycles. The van der Waals surface area contributed by atoms with Gasteiger partial charge in [0.2, 0.25) is 0 Å². The Kier molecular flexibility index (Phi) is 4.59. The number of amides is 1. The van der Waals surface area contributed by atoms with E-state index in [9.17, 15) is 9.59 Å². The lowest BCUT2D eigenvalue weighted by Gasteiger charge is -2.24. The first kappa shape index (κ1) is 16.5. The molecule has 4 nitrogen and oxygen atoms in total. The quantitative estimate of drug-likeness (QED) is 0.782.